The van der Waals surface area contributed by atoms with Crippen molar-refractivity contribution in [2.75, 3.05) is 6.61 Å². The number of aliphatic carboxylic acids is 1. The van der Waals surface area contributed by atoms with Gasteiger partial charge in [-0.25, -0.2) is 9.59 Å². The number of benzene rings is 2. The molecule has 168 valence electrons. The molecule has 0 heterocycles. The molecule has 2 aliphatic carbocycles. The Kier molecular flexibility index (Phi) is 5.91. The summed E-state index contributed by atoms with van der Waals surface area (Å²) in [5.74, 6) is -1.41. The molecule has 0 unspecified atom stereocenters. The van der Waals surface area contributed by atoms with E-state index in [9.17, 15) is 19.5 Å². The Bertz CT molecular complexity index is 999. The van der Waals surface area contributed by atoms with Crippen LogP contribution in [-0.2, 0) is 14.3 Å². The zero-order valence-electron chi connectivity index (χ0n) is 18.3. The molecule has 7 heteroatoms. The topological polar surface area (TPSA) is 105 Å². The second-order valence-corrected chi connectivity index (χ2v) is 9.11. The highest BCUT2D eigenvalue weighted by Crippen LogP contribution is 2.44. The van der Waals surface area contributed by atoms with Crippen molar-refractivity contribution in [3.05, 3.63) is 59.7 Å². The van der Waals surface area contributed by atoms with Crippen molar-refractivity contribution < 1.29 is 24.2 Å². The summed E-state index contributed by atoms with van der Waals surface area (Å²) < 4.78 is 5.41. The fraction of sp³-hybridized carbons (Fsp3) is 0.400. The predicted octanol–water partition coefficient (Wildman–Crippen LogP) is 3.67. The van der Waals surface area contributed by atoms with Crippen molar-refractivity contribution in [2.45, 2.75) is 50.6 Å². The molecule has 1 atom stereocenters. The maximum absolute atomic E-state index is 12.4. The van der Waals surface area contributed by atoms with Crippen molar-refractivity contribution >= 4 is 18.0 Å². The maximum atomic E-state index is 12.4. The molecule has 0 aromatic heterocycles. The third-order valence-electron chi connectivity index (χ3n) is 6.38. The zero-order chi connectivity index (χ0) is 22.9. The Morgan fingerprint density at radius 1 is 1.03 bits per heavy atom. The summed E-state index contributed by atoms with van der Waals surface area (Å²) in [6, 6.07) is 14.6. The third kappa shape index (κ3) is 4.61. The average Bonchev–Trinajstić information content (AvgIpc) is 3.56. The fourth-order valence-corrected chi connectivity index (χ4v) is 4.49. The number of hydrogen-bond acceptors (Lipinski definition) is 4. The van der Waals surface area contributed by atoms with Gasteiger partial charge in [0, 0.05) is 11.5 Å². The molecule has 3 N–H and O–H groups in total. The van der Waals surface area contributed by atoms with Gasteiger partial charge in [0.05, 0.1) is 6.42 Å². The van der Waals surface area contributed by atoms with Crippen LogP contribution in [-0.4, -0.2) is 41.3 Å². The molecule has 2 aromatic rings. The van der Waals surface area contributed by atoms with Gasteiger partial charge in [-0.3, -0.25) is 4.79 Å². The van der Waals surface area contributed by atoms with E-state index < -0.39 is 24.0 Å². The number of nitrogens with one attached hydrogen (secondary N) is 2. The summed E-state index contributed by atoms with van der Waals surface area (Å²) in [5.41, 5.74) is 3.96. The molecule has 32 heavy (non-hydrogen) atoms. The van der Waals surface area contributed by atoms with E-state index >= 15 is 0 Å². The number of ether oxygens (including phenoxy) is 1. The summed E-state index contributed by atoms with van der Waals surface area (Å²) in [6.45, 7) is 3.93. The average molecular weight is 437 g/mol. The number of carbonyl (C=O) groups is 3. The molecule has 2 aromatic carbocycles. The Hall–Kier alpha value is -3.35. The molecule has 0 spiro atoms. The van der Waals surface area contributed by atoms with E-state index in [2.05, 4.69) is 10.6 Å². The van der Waals surface area contributed by atoms with Crippen LogP contribution < -0.4 is 10.6 Å². The van der Waals surface area contributed by atoms with Gasteiger partial charge in [-0.2, -0.15) is 0 Å². The van der Waals surface area contributed by atoms with Crippen LogP contribution in [0, 0.1) is 5.92 Å². The monoisotopic (exact) mass is 436 g/mol. The van der Waals surface area contributed by atoms with Crippen LogP contribution in [0.1, 0.15) is 50.2 Å². The number of carboxylic acid groups (broad SMARTS) is 1. The van der Waals surface area contributed by atoms with Crippen LogP contribution in [0.15, 0.2) is 48.5 Å². The van der Waals surface area contributed by atoms with Crippen LogP contribution in [0.5, 0.6) is 0 Å². The van der Waals surface area contributed by atoms with Gasteiger partial charge in [0.1, 0.15) is 12.6 Å². The Morgan fingerprint density at radius 2 is 1.59 bits per heavy atom. The maximum Gasteiger partial charge on any atom is 0.407 e. The molecule has 0 saturated heterocycles. The van der Waals surface area contributed by atoms with Gasteiger partial charge >= 0.3 is 12.1 Å². The molecule has 7 nitrogen and oxygen atoms in total. The van der Waals surface area contributed by atoms with E-state index in [0.29, 0.717) is 5.92 Å². The van der Waals surface area contributed by atoms with E-state index in [-0.39, 0.29) is 24.5 Å². The quantitative estimate of drug-likeness (QED) is 0.586. The Morgan fingerprint density at radius 3 is 2.12 bits per heavy atom. The molecule has 1 fully saturated rings. The number of amides is 2. The third-order valence-corrected chi connectivity index (χ3v) is 6.38. The van der Waals surface area contributed by atoms with Crippen LogP contribution in [0.2, 0.25) is 0 Å². The first-order valence-electron chi connectivity index (χ1n) is 10.9. The van der Waals surface area contributed by atoms with Crippen LogP contribution in [0.4, 0.5) is 4.79 Å². The lowest BCUT2D eigenvalue weighted by molar-refractivity contribution is -0.141. The molecular weight excluding hydrogens is 408 g/mol. The second-order valence-electron chi connectivity index (χ2n) is 9.11. The summed E-state index contributed by atoms with van der Waals surface area (Å²) in [7, 11) is 0. The standard InChI is InChI=1S/C25H28N2O5/c1-25(2,15-11-12-15)27-22(28)13-21(23(29)30)26-24(31)32-14-20-18-9-5-3-7-16(18)17-8-4-6-10-19(17)20/h3-10,15,20-21H,11-14H2,1-2H3,(H,26,31)(H,27,28)(H,29,30)/t21-/m0/s1. The number of fused-ring (bicyclic) bond motifs is 3. The molecule has 1 saturated carbocycles. The molecule has 2 amide bonds. The van der Waals surface area contributed by atoms with Crippen molar-refractivity contribution in [3.8, 4) is 11.1 Å². The first-order valence-corrected chi connectivity index (χ1v) is 10.9. The molecule has 0 radical (unpaired) electrons. The normalized spacial score (nSPS) is 15.9. The number of carboxylic acids is 1. The van der Waals surface area contributed by atoms with Crippen molar-refractivity contribution in [3.63, 3.8) is 0 Å². The summed E-state index contributed by atoms with van der Waals surface area (Å²) in [4.78, 5) is 36.4. The number of hydrogen-bond donors (Lipinski definition) is 3. The van der Waals surface area contributed by atoms with E-state index in [1.165, 1.54) is 0 Å². The molecule has 0 bridgehead atoms. The van der Waals surface area contributed by atoms with Crippen LogP contribution in [0.3, 0.4) is 0 Å². The molecule has 0 aliphatic heterocycles. The van der Waals surface area contributed by atoms with Gasteiger partial charge in [-0.1, -0.05) is 48.5 Å². The van der Waals surface area contributed by atoms with Gasteiger partial charge in [-0.05, 0) is 54.9 Å². The SMILES string of the molecule is CC(C)(NC(=O)C[C@H](NC(=O)OCC1c2ccccc2-c2ccccc21)C(=O)O)C1CC1. The molecule has 4 rings (SSSR count). The van der Waals surface area contributed by atoms with Crippen LogP contribution in [0.25, 0.3) is 11.1 Å². The lowest BCUT2D eigenvalue weighted by atomic mass is 9.98. The Labute approximate surface area is 187 Å². The van der Waals surface area contributed by atoms with Gasteiger partial charge in [0.2, 0.25) is 5.91 Å². The smallest absolute Gasteiger partial charge is 0.407 e. The van der Waals surface area contributed by atoms with Gasteiger partial charge in [-0.15, -0.1) is 0 Å². The summed E-state index contributed by atoms with van der Waals surface area (Å²) in [6.07, 6.45) is 0.894. The summed E-state index contributed by atoms with van der Waals surface area (Å²) in [5, 5.41) is 14.7. The second kappa shape index (κ2) is 8.65. The van der Waals surface area contributed by atoms with E-state index in [1.54, 1.807) is 0 Å². The lowest BCUT2D eigenvalue weighted by Crippen LogP contribution is -2.49. The molecular formula is C25H28N2O5. The van der Waals surface area contributed by atoms with Crippen molar-refractivity contribution in [2.24, 2.45) is 5.92 Å². The first kappa shape index (κ1) is 21.9. The summed E-state index contributed by atoms with van der Waals surface area (Å²) >= 11 is 0. The minimum Gasteiger partial charge on any atom is -0.480 e. The minimum atomic E-state index is -1.36. The van der Waals surface area contributed by atoms with Crippen LogP contribution >= 0.6 is 0 Å². The molecule has 2 aliphatic rings. The Balaban J connectivity index is 1.36. The van der Waals surface area contributed by atoms with Crippen molar-refractivity contribution in [1.82, 2.24) is 10.6 Å². The number of carbonyl (C=O) groups excluding carboxylic acids is 2. The van der Waals surface area contributed by atoms with E-state index in [0.717, 1.165) is 35.1 Å². The van der Waals surface area contributed by atoms with E-state index in [4.69, 9.17) is 4.74 Å². The van der Waals surface area contributed by atoms with Gasteiger partial charge in [0.15, 0.2) is 0 Å². The minimum absolute atomic E-state index is 0.0765. The predicted molar refractivity (Wildman–Crippen MR) is 119 cm³/mol. The highest BCUT2D eigenvalue weighted by Gasteiger charge is 2.39. The highest BCUT2D eigenvalue weighted by molar-refractivity contribution is 5.87. The van der Waals surface area contributed by atoms with E-state index in [1.807, 2.05) is 62.4 Å². The highest BCUT2D eigenvalue weighted by atomic mass is 16.5. The lowest BCUT2D eigenvalue weighted by Gasteiger charge is -2.27. The van der Waals surface area contributed by atoms with Gasteiger partial charge < -0.3 is 20.5 Å². The largest absolute Gasteiger partial charge is 0.480 e. The number of alkyl carbamates (subject to hydrolysis) is 1. The number of rotatable bonds is 8. The van der Waals surface area contributed by atoms with Gasteiger partial charge in [0.25, 0.3) is 0 Å². The van der Waals surface area contributed by atoms with Crippen molar-refractivity contribution in [1.29, 1.82) is 0 Å². The fourth-order valence-electron chi connectivity index (χ4n) is 4.49. The first-order chi connectivity index (χ1) is 15.3. The zero-order valence-corrected chi connectivity index (χ0v) is 18.3.